The first-order valence-corrected chi connectivity index (χ1v) is 8.41. The Morgan fingerprint density at radius 3 is 2.38 bits per heavy atom. The van der Waals surface area contributed by atoms with Gasteiger partial charge in [-0.2, -0.15) is 5.21 Å². The van der Waals surface area contributed by atoms with Crippen LogP contribution in [0.3, 0.4) is 0 Å². The van der Waals surface area contributed by atoms with Crippen molar-refractivity contribution >= 4 is 11.6 Å². The van der Waals surface area contributed by atoms with E-state index in [2.05, 4.69) is 39.8 Å². The number of H-pyrrole nitrogens is 1. The number of aromatic nitrogens is 4. The first kappa shape index (κ1) is 17.7. The van der Waals surface area contributed by atoms with E-state index in [0.29, 0.717) is 23.9 Å². The first-order valence-electron chi connectivity index (χ1n) is 8.41. The lowest BCUT2D eigenvalue weighted by Crippen LogP contribution is -2.24. The fourth-order valence-electron chi connectivity index (χ4n) is 2.66. The van der Waals surface area contributed by atoms with Crippen LogP contribution in [-0.2, 0) is 11.2 Å². The molecule has 3 aromatic rings. The van der Waals surface area contributed by atoms with Crippen molar-refractivity contribution in [1.29, 1.82) is 0 Å². The molecule has 2 aromatic carbocycles. The largest absolute Gasteiger partial charge is 0.325 e. The van der Waals surface area contributed by atoms with Crippen LogP contribution in [0.1, 0.15) is 42.6 Å². The second-order valence-corrected chi connectivity index (χ2v) is 6.42. The van der Waals surface area contributed by atoms with Crippen LogP contribution in [0.4, 0.5) is 10.1 Å². The Bertz CT molecular complexity index is 845. The number of rotatable bonds is 6. The van der Waals surface area contributed by atoms with Gasteiger partial charge in [-0.15, -0.1) is 10.2 Å². The van der Waals surface area contributed by atoms with Gasteiger partial charge in [0.15, 0.2) is 5.82 Å². The highest BCUT2D eigenvalue weighted by molar-refractivity contribution is 5.95. The minimum Gasteiger partial charge on any atom is -0.325 e. The number of hydrogen-bond donors (Lipinski definition) is 2. The summed E-state index contributed by atoms with van der Waals surface area (Å²) < 4.78 is 13.1. The molecule has 1 atom stereocenters. The Hall–Kier alpha value is -3.09. The van der Waals surface area contributed by atoms with Gasteiger partial charge >= 0.3 is 0 Å². The smallest absolute Gasteiger partial charge is 0.235 e. The molecule has 0 aliphatic rings. The van der Waals surface area contributed by atoms with Gasteiger partial charge in [-0.25, -0.2) is 4.39 Å². The molecule has 0 bridgehead atoms. The Balaban J connectivity index is 1.77. The topological polar surface area (TPSA) is 83.6 Å². The number of amides is 1. The number of halogens is 1. The standard InChI is InChI=1S/C19H20FN5O/c1-12(2)14-5-9-16(10-6-14)21-19(26)17(18-22-24-25-23-18)11-13-3-7-15(20)8-4-13/h3-10,12,17H,11H2,1-2H3,(H,21,26)(H,22,23,24,25). The Morgan fingerprint density at radius 2 is 1.81 bits per heavy atom. The molecular formula is C19H20FN5O. The van der Waals surface area contributed by atoms with Crippen LogP contribution in [0.25, 0.3) is 0 Å². The predicted octanol–water partition coefficient (Wildman–Crippen LogP) is 3.43. The molecule has 0 aliphatic carbocycles. The molecule has 3 rings (SSSR count). The minimum atomic E-state index is -0.635. The van der Waals surface area contributed by atoms with Gasteiger partial charge in [0.2, 0.25) is 5.91 Å². The second-order valence-electron chi connectivity index (χ2n) is 6.42. The van der Waals surface area contributed by atoms with Gasteiger partial charge in [0.05, 0.1) is 0 Å². The average molecular weight is 353 g/mol. The molecule has 1 aromatic heterocycles. The summed E-state index contributed by atoms with van der Waals surface area (Å²) in [6.45, 7) is 4.23. The van der Waals surface area contributed by atoms with Gasteiger partial charge < -0.3 is 5.32 Å². The lowest BCUT2D eigenvalue weighted by molar-refractivity contribution is -0.117. The number of hydrogen-bond acceptors (Lipinski definition) is 4. The molecule has 1 unspecified atom stereocenters. The van der Waals surface area contributed by atoms with Gasteiger partial charge in [0, 0.05) is 5.69 Å². The van der Waals surface area contributed by atoms with E-state index >= 15 is 0 Å². The quantitative estimate of drug-likeness (QED) is 0.711. The Labute approximate surface area is 150 Å². The maximum atomic E-state index is 13.1. The predicted molar refractivity (Wildman–Crippen MR) is 96.2 cm³/mol. The van der Waals surface area contributed by atoms with E-state index in [1.54, 1.807) is 12.1 Å². The monoisotopic (exact) mass is 353 g/mol. The van der Waals surface area contributed by atoms with Gasteiger partial charge in [0.25, 0.3) is 0 Å². The maximum absolute atomic E-state index is 13.1. The molecule has 134 valence electrons. The zero-order valence-corrected chi connectivity index (χ0v) is 14.6. The minimum absolute atomic E-state index is 0.243. The summed E-state index contributed by atoms with van der Waals surface area (Å²) in [4.78, 5) is 12.8. The molecule has 0 saturated carbocycles. The molecule has 26 heavy (non-hydrogen) atoms. The Morgan fingerprint density at radius 1 is 1.12 bits per heavy atom. The summed E-state index contributed by atoms with van der Waals surface area (Å²) in [5.74, 6) is -0.479. The second kappa shape index (κ2) is 7.86. The highest BCUT2D eigenvalue weighted by Crippen LogP contribution is 2.22. The summed E-state index contributed by atoms with van der Waals surface area (Å²) in [6, 6.07) is 13.8. The van der Waals surface area contributed by atoms with Crippen LogP contribution in [0.5, 0.6) is 0 Å². The van der Waals surface area contributed by atoms with Crippen molar-refractivity contribution < 1.29 is 9.18 Å². The molecule has 0 saturated heterocycles. The van der Waals surface area contributed by atoms with Crippen LogP contribution in [-0.4, -0.2) is 26.5 Å². The van der Waals surface area contributed by atoms with Crippen LogP contribution in [0.15, 0.2) is 48.5 Å². The lowest BCUT2D eigenvalue weighted by atomic mass is 9.97. The molecule has 2 N–H and O–H groups in total. The van der Waals surface area contributed by atoms with E-state index in [9.17, 15) is 9.18 Å². The third-order valence-electron chi connectivity index (χ3n) is 4.19. The van der Waals surface area contributed by atoms with Crippen molar-refractivity contribution in [1.82, 2.24) is 20.6 Å². The van der Waals surface area contributed by atoms with Gasteiger partial charge in [-0.3, -0.25) is 4.79 Å². The lowest BCUT2D eigenvalue weighted by Gasteiger charge is -2.14. The number of aromatic amines is 1. The van der Waals surface area contributed by atoms with Gasteiger partial charge in [0.1, 0.15) is 11.7 Å². The van der Waals surface area contributed by atoms with Crippen LogP contribution in [0, 0.1) is 5.82 Å². The van der Waals surface area contributed by atoms with Crippen molar-refractivity contribution in [2.45, 2.75) is 32.1 Å². The normalized spacial score (nSPS) is 12.2. The molecule has 1 amide bonds. The highest BCUT2D eigenvalue weighted by Gasteiger charge is 2.25. The fourth-order valence-corrected chi connectivity index (χ4v) is 2.66. The molecule has 1 heterocycles. The number of carbonyl (C=O) groups excluding carboxylic acids is 1. The molecule has 0 aliphatic heterocycles. The van der Waals surface area contributed by atoms with Crippen molar-refractivity contribution in [3.63, 3.8) is 0 Å². The third kappa shape index (κ3) is 4.30. The van der Waals surface area contributed by atoms with Crippen molar-refractivity contribution in [2.75, 3.05) is 5.32 Å². The molecule has 7 heteroatoms. The van der Waals surface area contributed by atoms with Crippen LogP contribution in [0.2, 0.25) is 0 Å². The Kier molecular flexibility index (Phi) is 5.36. The zero-order valence-electron chi connectivity index (χ0n) is 14.6. The van der Waals surface area contributed by atoms with Crippen molar-refractivity contribution in [2.24, 2.45) is 0 Å². The zero-order chi connectivity index (χ0) is 18.5. The molecule has 0 fully saturated rings. The van der Waals surface area contributed by atoms with Gasteiger partial charge in [-0.05, 0) is 47.7 Å². The number of benzene rings is 2. The number of carbonyl (C=O) groups is 1. The van der Waals surface area contributed by atoms with Crippen molar-refractivity contribution in [3.8, 4) is 0 Å². The first-order chi connectivity index (χ1) is 12.5. The summed E-state index contributed by atoms with van der Waals surface area (Å²) in [6.07, 6.45) is 0.343. The molecule has 6 nitrogen and oxygen atoms in total. The van der Waals surface area contributed by atoms with Crippen molar-refractivity contribution in [3.05, 3.63) is 71.3 Å². The number of anilines is 1. The highest BCUT2D eigenvalue weighted by atomic mass is 19.1. The molecule has 0 radical (unpaired) electrons. The van der Waals surface area contributed by atoms with E-state index < -0.39 is 5.92 Å². The molecule has 0 spiro atoms. The molecular weight excluding hydrogens is 333 g/mol. The maximum Gasteiger partial charge on any atom is 0.235 e. The summed E-state index contributed by atoms with van der Waals surface area (Å²) in [7, 11) is 0. The van der Waals surface area contributed by atoms with Crippen LogP contribution >= 0.6 is 0 Å². The van der Waals surface area contributed by atoms with Gasteiger partial charge in [-0.1, -0.05) is 43.3 Å². The summed E-state index contributed by atoms with van der Waals surface area (Å²) >= 11 is 0. The fraction of sp³-hybridized carbons (Fsp3) is 0.263. The SMILES string of the molecule is CC(C)c1ccc(NC(=O)C(Cc2ccc(F)cc2)c2nn[nH]n2)cc1. The van der Waals surface area contributed by atoms with E-state index in [1.165, 1.54) is 17.7 Å². The third-order valence-corrected chi connectivity index (χ3v) is 4.19. The van der Waals surface area contributed by atoms with E-state index in [1.807, 2.05) is 24.3 Å². The summed E-state index contributed by atoms with van der Waals surface area (Å²) in [5, 5.41) is 16.7. The number of nitrogens with zero attached hydrogens (tertiary/aromatic N) is 3. The van der Waals surface area contributed by atoms with E-state index in [4.69, 9.17) is 0 Å². The van der Waals surface area contributed by atoms with E-state index in [-0.39, 0.29) is 11.7 Å². The average Bonchev–Trinajstić information content (AvgIpc) is 3.16. The number of nitrogens with one attached hydrogen (secondary N) is 2. The van der Waals surface area contributed by atoms with Crippen LogP contribution < -0.4 is 5.32 Å². The summed E-state index contributed by atoms with van der Waals surface area (Å²) in [5.41, 5.74) is 2.71. The number of tetrazole rings is 1. The van der Waals surface area contributed by atoms with E-state index in [0.717, 1.165) is 5.56 Å².